The number of methoxy groups -OCH3 is 1. The highest BCUT2D eigenvalue weighted by Crippen LogP contribution is 2.28. The number of benzene rings is 1. The van der Waals surface area contributed by atoms with Crippen molar-refractivity contribution in [1.29, 1.82) is 0 Å². The summed E-state index contributed by atoms with van der Waals surface area (Å²) in [7, 11) is 1.28. The second kappa shape index (κ2) is 8.53. The molecule has 0 unspecified atom stereocenters. The second-order valence-corrected chi connectivity index (χ2v) is 6.09. The molecule has 128 valence electrons. The van der Waals surface area contributed by atoms with Crippen LogP contribution in [0, 0.1) is 0 Å². The van der Waals surface area contributed by atoms with Gasteiger partial charge in [0.15, 0.2) is 10.9 Å². The molecule has 1 aromatic heterocycles. The zero-order valence-corrected chi connectivity index (χ0v) is 15.0. The lowest BCUT2D eigenvalue weighted by Gasteiger charge is -2.12. The normalized spacial score (nSPS) is 11.9. The number of aromatic nitrogens is 1. The van der Waals surface area contributed by atoms with E-state index in [0.717, 1.165) is 0 Å². The van der Waals surface area contributed by atoms with E-state index in [0.29, 0.717) is 27.1 Å². The van der Waals surface area contributed by atoms with Gasteiger partial charge in [0, 0.05) is 27.7 Å². The molecule has 1 atom stereocenters. The van der Waals surface area contributed by atoms with Gasteiger partial charge in [0.1, 0.15) is 12.6 Å². The summed E-state index contributed by atoms with van der Waals surface area (Å²) in [4.78, 5) is 15.5. The Morgan fingerprint density at radius 3 is 2.46 bits per heavy atom. The van der Waals surface area contributed by atoms with Gasteiger partial charge >= 0.3 is 5.97 Å². The molecular weight excluding hydrogens is 375 g/mol. The monoisotopic (exact) mass is 388 g/mol. The maximum atomic E-state index is 11.3. The molecule has 0 aliphatic carbocycles. The Kier molecular flexibility index (Phi) is 6.69. The van der Waals surface area contributed by atoms with E-state index in [1.165, 1.54) is 7.11 Å². The first-order valence-corrected chi connectivity index (χ1v) is 8.10. The van der Waals surface area contributed by atoms with E-state index in [1.54, 1.807) is 30.3 Å². The molecule has 2 aromatic rings. The predicted octanol–water partition coefficient (Wildman–Crippen LogP) is 3.66. The molecule has 1 aromatic carbocycles. The van der Waals surface area contributed by atoms with Gasteiger partial charge in [0.05, 0.1) is 7.11 Å². The number of hydrogen-bond acceptors (Lipinski definition) is 5. The molecule has 0 spiro atoms. The Balaban J connectivity index is 2.06. The molecular formula is C16H15Cl3N2O3. The van der Waals surface area contributed by atoms with Crippen LogP contribution in [0.5, 0.6) is 5.75 Å². The van der Waals surface area contributed by atoms with Crippen molar-refractivity contribution in [3.05, 3.63) is 56.8 Å². The summed E-state index contributed by atoms with van der Waals surface area (Å²) < 4.78 is 10.2. The summed E-state index contributed by atoms with van der Waals surface area (Å²) in [6, 6.07) is 7.74. The van der Waals surface area contributed by atoms with Crippen molar-refractivity contribution in [1.82, 2.24) is 4.98 Å². The topological polar surface area (TPSA) is 74.4 Å². The van der Waals surface area contributed by atoms with Crippen LogP contribution in [0.2, 0.25) is 15.2 Å². The predicted molar refractivity (Wildman–Crippen MR) is 93.7 cm³/mol. The highest BCUT2D eigenvalue weighted by molar-refractivity contribution is 6.36. The van der Waals surface area contributed by atoms with Crippen molar-refractivity contribution in [2.45, 2.75) is 19.1 Å². The number of rotatable bonds is 6. The lowest BCUT2D eigenvalue weighted by Crippen LogP contribution is -2.33. The zero-order valence-electron chi connectivity index (χ0n) is 12.8. The van der Waals surface area contributed by atoms with Gasteiger partial charge in [-0.05, 0) is 24.3 Å². The molecule has 0 radical (unpaired) electrons. The van der Waals surface area contributed by atoms with Crippen LogP contribution in [0.15, 0.2) is 30.3 Å². The van der Waals surface area contributed by atoms with Gasteiger partial charge < -0.3 is 15.2 Å². The van der Waals surface area contributed by atoms with E-state index < -0.39 is 12.0 Å². The number of carbonyl (C=O) groups excluding carboxylic acids is 1. The number of esters is 1. The number of pyridine rings is 1. The maximum absolute atomic E-state index is 11.3. The van der Waals surface area contributed by atoms with Gasteiger partial charge in [0.2, 0.25) is 0 Å². The Hall–Kier alpha value is -1.53. The first-order chi connectivity index (χ1) is 11.4. The fourth-order valence-corrected chi connectivity index (χ4v) is 2.69. The van der Waals surface area contributed by atoms with E-state index in [1.807, 2.05) is 0 Å². The van der Waals surface area contributed by atoms with Crippen molar-refractivity contribution in [3.8, 4) is 5.75 Å². The number of hydrogen-bond donors (Lipinski definition) is 1. The van der Waals surface area contributed by atoms with Crippen LogP contribution < -0.4 is 10.5 Å². The van der Waals surface area contributed by atoms with Crippen LogP contribution in [0.25, 0.3) is 0 Å². The zero-order chi connectivity index (χ0) is 17.7. The third-order valence-corrected chi connectivity index (χ3v) is 4.22. The van der Waals surface area contributed by atoms with E-state index in [4.69, 9.17) is 45.3 Å². The molecule has 2 rings (SSSR count). The Morgan fingerprint density at radius 2 is 1.88 bits per heavy atom. The Bertz CT molecular complexity index is 720. The van der Waals surface area contributed by atoms with Crippen LogP contribution in [0.3, 0.4) is 0 Å². The molecule has 0 aliphatic heterocycles. The standard InChI is InChI=1S/C16H15Cl3N2O3/c1-23-16(22)13(20)7-9-5-6-14(15(19)21-9)24-8-10-11(17)3-2-4-12(10)18/h2-6,13H,7-8,20H2,1H3/t13-/m0/s1. The first-order valence-electron chi connectivity index (χ1n) is 6.97. The summed E-state index contributed by atoms with van der Waals surface area (Å²) in [6.07, 6.45) is 0.211. The largest absolute Gasteiger partial charge is 0.486 e. The highest BCUT2D eigenvalue weighted by atomic mass is 35.5. The van der Waals surface area contributed by atoms with Crippen LogP contribution >= 0.6 is 34.8 Å². The summed E-state index contributed by atoms with van der Waals surface area (Å²) in [5.74, 6) is -0.135. The molecule has 24 heavy (non-hydrogen) atoms. The van der Waals surface area contributed by atoms with E-state index in [-0.39, 0.29) is 18.2 Å². The average molecular weight is 390 g/mol. The fraction of sp³-hybridized carbons (Fsp3) is 0.250. The summed E-state index contributed by atoms with van der Waals surface area (Å²) in [5, 5.41) is 1.17. The third kappa shape index (κ3) is 4.74. The number of nitrogens with zero attached hydrogens (tertiary/aromatic N) is 1. The third-order valence-electron chi connectivity index (χ3n) is 3.24. The van der Waals surface area contributed by atoms with Crippen molar-refractivity contribution < 1.29 is 14.3 Å². The van der Waals surface area contributed by atoms with E-state index in [2.05, 4.69) is 9.72 Å². The molecule has 0 saturated heterocycles. The van der Waals surface area contributed by atoms with Gasteiger partial charge in [-0.3, -0.25) is 4.79 Å². The minimum absolute atomic E-state index is 0.154. The van der Waals surface area contributed by atoms with Gasteiger partial charge in [0.25, 0.3) is 0 Å². The quantitative estimate of drug-likeness (QED) is 0.603. The molecule has 0 bridgehead atoms. The fourth-order valence-electron chi connectivity index (χ4n) is 1.96. The molecule has 5 nitrogen and oxygen atoms in total. The van der Waals surface area contributed by atoms with Crippen molar-refractivity contribution in [2.75, 3.05) is 7.11 Å². The lowest BCUT2D eigenvalue weighted by molar-refractivity contribution is -0.142. The molecule has 0 fully saturated rings. The van der Waals surface area contributed by atoms with Crippen molar-refractivity contribution in [2.24, 2.45) is 5.73 Å². The van der Waals surface area contributed by atoms with Gasteiger partial charge in [-0.25, -0.2) is 4.98 Å². The van der Waals surface area contributed by atoms with Crippen molar-refractivity contribution >= 4 is 40.8 Å². The SMILES string of the molecule is COC(=O)[C@@H](N)Cc1ccc(OCc2c(Cl)cccc2Cl)c(Cl)n1. The van der Waals surface area contributed by atoms with Gasteiger partial charge in [-0.15, -0.1) is 0 Å². The summed E-state index contributed by atoms with van der Waals surface area (Å²) >= 11 is 18.3. The van der Waals surface area contributed by atoms with Crippen LogP contribution in [-0.2, 0) is 22.6 Å². The average Bonchev–Trinajstić information content (AvgIpc) is 2.55. The lowest BCUT2D eigenvalue weighted by atomic mass is 10.1. The molecule has 0 amide bonds. The molecule has 2 N–H and O–H groups in total. The number of halogens is 3. The highest BCUT2D eigenvalue weighted by Gasteiger charge is 2.16. The number of nitrogens with two attached hydrogens (primary N) is 1. The molecule has 0 saturated carbocycles. The summed E-state index contributed by atoms with van der Waals surface area (Å²) in [6.45, 7) is 0.154. The minimum Gasteiger partial charge on any atom is -0.486 e. The van der Waals surface area contributed by atoms with E-state index >= 15 is 0 Å². The molecule has 1 heterocycles. The molecule has 0 aliphatic rings. The molecule has 8 heteroatoms. The first kappa shape index (κ1) is 18.8. The van der Waals surface area contributed by atoms with Crippen LogP contribution in [0.1, 0.15) is 11.3 Å². The number of carbonyl (C=O) groups is 1. The maximum Gasteiger partial charge on any atom is 0.323 e. The van der Waals surface area contributed by atoms with Crippen molar-refractivity contribution in [3.63, 3.8) is 0 Å². The second-order valence-electron chi connectivity index (χ2n) is 4.91. The summed E-state index contributed by atoms with van der Waals surface area (Å²) in [5.41, 5.74) is 6.91. The number of ether oxygens (including phenoxy) is 2. The minimum atomic E-state index is -0.799. The Labute approximate surface area is 154 Å². The van der Waals surface area contributed by atoms with Crippen LogP contribution in [-0.4, -0.2) is 24.1 Å². The van der Waals surface area contributed by atoms with Gasteiger partial charge in [-0.2, -0.15) is 0 Å². The smallest absolute Gasteiger partial charge is 0.323 e. The Morgan fingerprint density at radius 1 is 1.21 bits per heavy atom. The van der Waals surface area contributed by atoms with Crippen LogP contribution in [0.4, 0.5) is 0 Å². The van der Waals surface area contributed by atoms with Gasteiger partial charge in [-0.1, -0.05) is 40.9 Å². The van der Waals surface area contributed by atoms with E-state index in [9.17, 15) is 4.79 Å².